The number of aliphatic hydroxyl groups is 3. The summed E-state index contributed by atoms with van der Waals surface area (Å²) in [6.07, 6.45) is 6.19. The molecule has 0 aromatic carbocycles. The molecule has 4 rings (SSSR count). The minimum atomic E-state index is -2.89. The Hall–Kier alpha value is -1.96. The van der Waals surface area contributed by atoms with E-state index in [1.165, 1.54) is 0 Å². The molecule has 0 amide bonds. The average Bonchev–Trinajstić information content (AvgIpc) is 2.98. The Balaban J connectivity index is 1.75. The summed E-state index contributed by atoms with van der Waals surface area (Å²) in [6, 6.07) is 0. The fourth-order valence-corrected chi connectivity index (χ4v) is 7.57. The van der Waals surface area contributed by atoms with E-state index in [4.69, 9.17) is 0 Å². The number of hydrogen-bond donors (Lipinski definition) is 3. The Morgan fingerprint density at radius 3 is 2.34 bits per heavy atom. The molecule has 3 fully saturated rings. The molecule has 0 aromatic heterocycles. The van der Waals surface area contributed by atoms with Gasteiger partial charge in [-0.1, -0.05) is 25.5 Å². The maximum absolute atomic E-state index is 13.4. The molecule has 7 atom stereocenters. The van der Waals surface area contributed by atoms with E-state index in [9.17, 15) is 34.5 Å². The van der Waals surface area contributed by atoms with E-state index < -0.39 is 45.5 Å². The zero-order chi connectivity index (χ0) is 23.9. The van der Waals surface area contributed by atoms with E-state index in [-0.39, 0.29) is 36.4 Å². The second-order valence-electron chi connectivity index (χ2n) is 10.8. The molecule has 0 bridgehead atoms. The summed E-state index contributed by atoms with van der Waals surface area (Å²) in [4.78, 5) is 49.6. The van der Waals surface area contributed by atoms with Gasteiger partial charge in [-0.25, -0.2) is 0 Å². The molecule has 3 N–H and O–H groups in total. The van der Waals surface area contributed by atoms with Crippen LogP contribution in [-0.2, 0) is 19.2 Å². The van der Waals surface area contributed by atoms with Crippen LogP contribution < -0.4 is 0 Å². The van der Waals surface area contributed by atoms with E-state index in [2.05, 4.69) is 0 Å². The molecule has 0 aliphatic heterocycles. The fourth-order valence-electron chi connectivity index (χ4n) is 7.57. The number of carbonyl (C=O) groups excluding carboxylic acids is 4. The van der Waals surface area contributed by atoms with Crippen molar-refractivity contribution in [2.45, 2.75) is 77.1 Å². The van der Waals surface area contributed by atoms with Crippen LogP contribution in [0, 0.1) is 28.6 Å². The van der Waals surface area contributed by atoms with Crippen molar-refractivity contribution in [1.82, 2.24) is 0 Å². The van der Waals surface area contributed by atoms with Crippen molar-refractivity contribution in [3.8, 4) is 0 Å². The molecule has 7 heteroatoms. The summed E-state index contributed by atoms with van der Waals surface area (Å²) in [6.45, 7) is 5.70. The lowest BCUT2D eigenvalue weighted by atomic mass is 9.46. The molecule has 3 saturated carbocycles. The molecule has 4 aliphatic carbocycles. The molecule has 0 saturated heterocycles. The van der Waals surface area contributed by atoms with Crippen LogP contribution in [0.25, 0.3) is 0 Å². The summed E-state index contributed by atoms with van der Waals surface area (Å²) in [5.41, 5.74) is -5.59. The summed E-state index contributed by atoms with van der Waals surface area (Å²) in [5.74, 6) is -3.60. The van der Waals surface area contributed by atoms with Crippen molar-refractivity contribution in [1.29, 1.82) is 0 Å². The topological polar surface area (TPSA) is 129 Å². The first kappa shape index (κ1) is 23.2. The Labute approximate surface area is 187 Å². The predicted molar refractivity (Wildman–Crippen MR) is 114 cm³/mol. The van der Waals surface area contributed by atoms with Gasteiger partial charge in [0.05, 0.1) is 6.10 Å². The Kier molecular flexibility index (Phi) is 5.09. The van der Waals surface area contributed by atoms with Crippen LogP contribution in [0.5, 0.6) is 0 Å². The maximum atomic E-state index is 13.4. The van der Waals surface area contributed by atoms with Crippen LogP contribution in [0.4, 0.5) is 0 Å². The van der Waals surface area contributed by atoms with Gasteiger partial charge in [-0.15, -0.1) is 0 Å². The van der Waals surface area contributed by atoms with Gasteiger partial charge in [0.1, 0.15) is 5.60 Å². The quantitative estimate of drug-likeness (QED) is 0.560. The van der Waals surface area contributed by atoms with Crippen molar-refractivity contribution < 1.29 is 34.5 Å². The highest BCUT2D eigenvalue weighted by atomic mass is 16.3. The summed E-state index contributed by atoms with van der Waals surface area (Å²) in [7, 11) is 0. The standard InChI is InChI=1S/C25H32O7/c1-13(26)25(32,14(2)27)21(30)24(31)10-8-18-17-6-5-15-11-16(28)7-9-22(15,3)20(17)19(29)12-23(18,24)4/h7,9,11,17-20,29,31-32H,5-6,8,10,12H2,1-4H3/t17-,18-,19-,20+,22-,23-,24-/m0/s1. The summed E-state index contributed by atoms with van der Waals surface area (Å²) >= 11 is 0. The normalized spacial score (nSPS) is 43.1. The molecule has 0 heterocycles. The molecule has 0 unspecified atom stereocenters. The van der Waals surface area contributed by atoms with Crippen molar-refractivity contribution in [2.75, 3.05) is 0 Å². The van der Waals surface area contributed by atoms with E-state index in [0.717, 1.165) is 19.4 Å². The van der Waals surface area contributed by atoms with E-state index in [1.54, 1.807) is 19.1 Å². The van der Waals surface area contributed by atoms with E-state index >= 15 is 0 Å². The number of allylic oxidation sites excluding steroid dienone is 4. The third-order valence-electron chi connectivity index (χ3n) is 9.37. The lowest BCUT2D eigenvalue weighted by Gasteiger charge is -2.59. The highest BCUT2D eigenvalue weighted by Crippen LogP contribution is 2.67. The lowest BCUT2D eigenvalue weighted by molar-refractivity contribution is -0.191. The van der Waals surface area contributed by atoms with Gasteiger partial charge in [0.2, 0.25) is 11.4 Å². The van der Waals surface area contributed by atoms with Crippen LogP contribution in [0.1, 0.15) is 59.8 Å². The largest absolute Gasteiger partial charge is 0.393 e. The van der Waals surface area contributed by atoms with Crippen molar-refractivity contribution >= 4 is 23.1 Å². The maximum Gasteiger partial charge on any atom is 0.242 e. The predicted octanol–water partition coefficient (Wildman–Crippen LogP) is 1.47. The minimum Gasteiger partial charge on any atom is -0.393 e. The Morgan fingerprint density at radius 1 is 1.12 bits per heavy atom. The number of Topliss-reactive ketones (excluding diaryl/α,β-unsaturated/α-hetero) is 3. The average molecular weight is 445 g/mol. The fraction of sp³-hybridized carbons (Fsp3) is 0.680. The third-order valence-corrected chi connectivity index (χ3v) is 9.37. The Morgan fingerprint density at radius 2 is 1.75 bits per heavy atom. The molecule has 0 radical (unpaired) electrons. The number of rotatable bonds is 4. The molecule has 32 heavy (non-hydrogen) atoms. The second-order valence-corrected chi connectivity index (χ2v) is 10.8. The summed E-state index contributed by atoms with van der Waals surface area (Å²) in [5, 5.41) is 33.8. The zero-order valence-electron chi connectivity index (χ0n) is 19.1. The van der Waals surface area contributed by atoms with E-state index in [1.807, 2.05) is 13.0 Å². The molecular weight excluding hydrogens is 412 g/mol. The Bertz CT molecular complexity index is 963. The molecule has 0 spiro atoms. The minimum absolute atomic E-state index is 0.0134. The zero-order valence-corrected chi connectivity index (χ0v) is 19.1. The van der Waals surface area contributed by atoms with Gasteiger partial charge in [0.15, 0.2) is 17.3 Å². The third kappa shape index (κ3) is 2.71. The van der Waals surface area contributed by atoms with Crippen molar-refractivity contribution in [3.05, 3.63) is 23.8 Å². The number of aliphatic hydroxyl groups excluding tert-OH is 1. The molecule has 0 aromatic rings. The SMILES string of the molecule is CC(=O)C(O)(C(C)=O)C(=O)[C@@]1(O)CC[C@H]2[C@@H]3CCC4=CC(=O)C=C[C@]4(C)[C@H]3[C@@H](O)C[C@@]21C. The molecular formula is C25H32O7. The van der Waals surface area contributed by atoms with E-state index in [0.29, 0.717) is 19.3 Å². The number of fused-ring (bicyclic) bond motifs is 5. The van der Waals surface area contributed by atoms with Crippen molar-refractivity contribution in [3.63, 3.8) is 0 Å². The van der Waals surface area contributed by atoms with Gasteiger partial charge < -0.3 is 15.3 Å². The van der Waals surface area contributed by atoms with Gasteiger partial charge >= 0.3 is 0 Å². The van der Waals surface area contributed by atoms with Gasteiger partial charge in [0.25, 0.3) is 0 Å². The number of hydrogen-bond acceptors (Lipinski definition) is 7. The number of ketones is 4. The highest BCUT2D eigenvalue weighted by Gasteiger charge is 2.71. The van der Waals surface area contributed by atoms with Gasteiger partial charge in [-0.3, -0.25) is 19.2 Å². The van der Waals surface area contributed by atoms with Crippen LogP contribution >= 0.6 is 0 Å². The first-order valence-corrected chi connectivity index (χ1v) is 11.4. The van der Waals surface area contributed by atoms with Crippen LogP contribution in [0.3, 0.4) is 0 Å². The highest BCUT2D eigenvalue weighted by molar-refractivity contribution is 6.28. The number of carbonyl (C=O) groups is 4. The van der Waals surface area contributed by atoms with Crippen LogP contribution in [0.15, 0.2) is 23.8 Å². The molecule has 174 valence electrons. The lowest BCUT2D eigenvalue weighted by Crippen LogP contribution is -2.67. The first-order valence-electron chi connectivity index (χ1n) is 11.4. The van der Waals surface area contributed by atoms with Crippen molar-refractivity contribution in [2.24, 2.45) is 28.6 Å². The smallest absolute Gasteiger partial charge is 0.242 e. The summed E-state index contributed by atoms with van der Waals surface area (Å²) < 4.78 is 0. The first-order chi connectivity index (χ1) is 14.7. The van der Waals surface area contributed by atoms with Gasteiger partial charge in [-0.2, -0.15) is 0 Å². The van der Waals surface area contributed by atoms with Crippen LogP contribution in [0.2, 0.25) is 0 Å². The van der Waals surface area contributed by atoms with Gasteiger partial charge in [0, 0.05) is 16.7 Å². The monoisotopic (exact) mass is 444 g/mol. The molecule has 4 aliphatic rings. The van der Waals surface area contributed by atoms with Crippen LogP contribution in [-0.4, -0.2) is 55.8 Å². The second kappa shape index (κ2) is 7.02. The van der Waals surface area contributed by atoms with Gasteiger partial charge in [-0.05, 0) is 69.9 Å². The molecule has 7 nitrogen and oxygen atoms in total.